The first-order valence-corrected chi connectivity index (χ1v) is 8.53. The number of aromatic nitrogens is 3. The smallest absolute Gasteiger partial charge is 0.349 e. The average Bonchev–Trinajstić information content (AvgIpc) is 3.06. The van der Waals surface area contributed by atoms with E-state index in [9.17, 15) is 22.8 Å². The van der Waals surface area contributed by atoms with E-state index in [1.807, 2.05) is 13.8 Å². The van der Waals surface area contributed by atoms with Crippen molar-refractivity contribution in [3.8, 4) is 5.69 Å². The third-order valence-electron chi connectivity index (χ3n) is 3.64. The molecule has 1 atom stereocenters. The monoisotopic (exact) mass is 399 g/mol. The molecule has 0 saturated heterocycles. The molecule has 0 aliphatic carbocycles. The molecule has 1 unspecified atom stereocenters. The Labute approximate surface area is 159 Å². The summed E-state index contributed by atoms with van der Waals surface area (Å²) < 4.78 is 40.4. The number of likely N-dealkylation sites (N-methyl/N-ethyl adjacent to an activating group) is 1. The number of rotatable bonds is 7. The van der Waals surface area contributed by atoms with Gasteiger partial charge in [0.25, 0.3) is 11.8 Å². The Kier molecular flexibility index (Phi) is 6.73. The van der Waals surface area contributed by atoms with Gasteiger partial charge in [0.1, 0.15) is 12.7 Å². The van der Waals surface area contributed by atoms with E-state index in [-0.39, 0.29) is 36.4 Å². The molecule has 0 aliphatic heterocycles. The van der Waals surface area contributed by atoms with Crippen molar-refractivity contribution in [2.75, 3.05) is 25.5 Å². The largest absolute Gasteiger partial charge is 0.416 e. The minimum absolute atomic E-state index is 0.0236. The molecule has 0 aliphatic rings. The average molecular weight is 399 g/mol. The van der Waals surface area contributed by atoms with Gasteiger partial charge in [-0.25, -0.2) is 9.67 Å². The second-order valence-electron chi connectivity index (χ2n) is 6.65. The number of anilines is 1. The van der Waals surface area contributed by atoms with Gasteiger partial charge in [-0.3, -0.25) is 9.59 Å². The minimum Gasteiger partial charge on any atom is -0.349 e. The van der Waals surface area contributed by atoms with Gasteiger partial charge in [0, 0.05) is 6.04 Å². The number of amides is 2. The van der Waals surface area contributed by atoms with Crippen LogP contribution in [-0.2, 0) is 15.8 Å². The predicted octanol–water partition coefficient (Wildman–Crippen LogP) is 0.264. The molecular weight excluding hydrogens is 377 g/mol. The second kappa shape index (κ2) is 8.83. The molecule has 0 radical (unpaired) electrons. The summed E-state index contributed by atoms with van der Waals surface area (Å²) in [6.45, 7) is 3.60. The summed E-state index contributed by atoms with van der Waals surface area (Å²) in [6.07, 6.45) is -2.02. The topological polar surface area (TPSA) is 93.3 Å². The van der Waals surface area contributed by atoms with Crippen LogP contribution in [-0.4, -0.2) is 52.8 Å². The van der Waals surface area contributed by atoms with Crippen LogP contribution >= 0.6 is 0 Å². The number of hydrogen-bond donors (Lipinski definition) is 3. The molecule has 0 saturated carbocycles. The lowest BCUT2D eigenvalue weighted by molar-refractivity contribution is -0.862. The van der Waals surface area contributed by atoms with E-state index in [0.717, 1.165) is 12.1 Å². The molecule has 0 bridgehead atoms. The zero-order chi connectivity index (χ0) is 20.9. The molecule has 3 N–H and O–H groups in total. The summed E-state index contributed by atoms with van der Waals surface area (Å²) in [5.74, 6) is -0.752. The van der Waals surface area contributed by atoms with E-state index in [0.29, 0.717) is 4.90 Å². The zero-order valence-electron chi connectivity index (χ0n) is 15.7. The number of quaternary nitrogens is 1. The van der Waals surface area contributed by atoms with E-state index < -0.39 is 17.6 Å². The highest BCUT2D eigenvalue weighted by Crippen LogP contribution is 2.33. The lowest BCUT2D eigenvalue weighted by Gasteiger charge is -2.17. The van der Waals surface area contributed by atoms with Crippen LogP contribution in [0.1, 0.15) is 19.4 Å². The van der Waals surface area contributed by atoms with Crippen molar-refractivity contribution in [1.82, 2.24) is 20.1 Å². The van der Waals surface area contributed by atoms with Gasteiger partial charge in [0.15, 0.2) is 13.1 Å². The quantitative estimate of drug-likeness (QED) is 0.623. The van der Waals surface area contributed by atoms with Crippen LogP contribution in [0.3, 0.4) is 0 Å². The predicted molar refractivity (Wildman–Crippen MR) is 94.9 cm³/mol. The first-order valence-electron chi connectivity index (χ1n) is 8.53. The van der Waals surface area contributed by atoms with Crippen LogP contribution in [0.4, 0.5) is 18.9 Å². The molecule has 11 heteroatoms. The summed E-state index contributed by atoms with van der Waals surface area (Å²) in [6, 6.07) is 2.93. The Hall–Kier alpha value is -2.95. The Balaban J connectivity index is 2.14. The van der Waals surface area contributed by atoms with Crippen LogP contribution in [0.2, 0.25) is 0 Å². The molecule has 152 valence electrons. The maximum atomic E-state index is 13.0. The van der Waals surface area contributed by atoms with E-state index in [1.165, 1.54) is 23.4 Å². The molecule has 0 fully saturated rings. The van der Waals surface area contributed by atoms with E-state index in [4.69, 9.17) is 0 Å². The Morgan fingerprint density at radius 1 is 1.21 bits per heavy atom. The number of nitrogens with zero attached hydrogens (tertiary/aromatic N) is 3. The highest BCUT2D eigenvalue weighted by atomic mass is 19.4. The van der Waals surface area contributed by atoms with Gasteiger partial charge in [-0.1, -0.05) is 0 Å². The standard InChI is InChI=1S/C17H21F3N6O2/c1-11(2)23-15(27)7-25(3)8-16(28)24-13-6-12(17(18,19)20)4-5-14(13)26-10-21-9-22-26/h4-6,9-11H,7-8H2,1-3H3,(H,23,27)(H,24,28)/p+1. The molecular formula is C17H22F3N6O2+. The zero-order valence-corrected chi connectivity index (χ0v) is 15.7. The van der Waals surface area contributed by atoms with E-state index in [1.54, 1.807) is 7.05 Å². The molecule has 1 aromatic carbocycles. The molecule has 8 nitrogen and oxygen atoms in total. The SMILES string of the molecule is CC(C)NC(=O)C[NH+](C)CC(=O)Nc1cc(C(F)(F)F)ccc1-n1cncn1. The van der Waals surface area contributed by atoms with Gasteiger partial charge in [-0.05, 0) is 32.0 Å². The second-order valence-corrected chi connectivity index (χ2v) is 6.65. The number of alkyl halides is 3. The van der Waals surface area contributed by atoms with Crippen molar-refractivity contribution in [3.05, 3.63) is 36.4 Å². The Bertz CT molecular complexity index is 821. The molecule has 2 aromatic rings. The van der Waals surface area contributed by atoms with Crippen molar-refractivity contribution in [2.24, 2.45) is 0 Å². The van der Waals surface area contributed by atoms with E-state index in [2.05, 4.69) is 20.7 Å². The lowest BCUT2D eigenvalue weighted by Crippen LogP contribution is -3.11. The van der Waals surface area contributed by atoms with Gasteiger partial charge >= 0.3 is 6.18 Å². The van der Waals surface area contributed by atoms with E-state index >= 15 is 0 Å². The minimum atomic E-state index is -4.56. The van der Waals surface area contributed by atoms with Gasteiger partial charge in [0.05, 0.1) is 24.0 Å². The molecule has 0 spiro atoms. The number of halogens is 3. The highest BCUT2D eigenvalue weighted by Gasteiger charge is 2.31. The van der Waals surface area contributed by atoms with Crippen LogP contribution in [0.15, 0.2) is 30.9 Å². The third-order valence-corrected chi connectivity index (χ3v) is 3.64. The lowest BCUT2D eigenvalue weighted by atomic mass is 10.1. The molecule has 2 amide bonds. The molecule has 2 rings (SSSR count). The fraction of sp³-hybridized carbons (Fsp3) is 0.412. The van der Waals surface area contributed by atoms with Crippen molar-refractivity contribution in [3.63, 3.8) is 0 Å². The number of benzene rings is 1. The summed E-state index contributed by atoms with van der Waals surface area (Å²) in [5.41, 5.74) is -0.706. The maximum Gasteiger partial charge on any atom is 0.416 e. The Morgan fingerprint density at radius 2 is 1.89 bits per heavy atom. The van der Waals surface area contributed by atoms with Crippen molar-refractivity contribution >= 4 is 17.5 Å². The maximum absolute atomic E-state index is 13.0. The van der Waals surface area contributed by atoms with Crippen LogP contribution < -0.4 is 15.5 Å². The molecule has 1 heterocycles. The summed E-state index contributed by atoms with van der Waals surface area (Å²) in [7, 11) is 1.64. The van der Waals surface area contributed by atoms with Crippen molar-refractivity contribution < 1.29 is 27.7 Å². The summed E-state index contributed by atoms with van der Waals surface area (Å²) in [5, 5.41) is 9.08. The fourth-order valence-electron chi connectivity index (χ4n) is 2.52. The van der Waals surface area contributed by atoms with Gasteiger partial charge in [-0.15, -0.1) is 0 Å². The van der Waals surface area contributed by atoms with Crippen molar-refractivity contribution in [2.45, 2.75) is 26.1 Å². The number of hydrogen-bond acceptors (Lipinski definition) is 4. The third kappa shape index (κ3) is 6.05. The first-order chi connectivity index (χ1) is 13.1. The number of carbonyl (C=O) groups excluding carboxylic acids is 2. The summed E-state index contributed by atoms with van der Waals surface area (Å²) >= 11 is 0. The normalized spacial score (nSPS) is 12.7. The number of carbonyl (C=O) groups is 2. The van der Waals surface area contributed by atoms with Crippen LogP contribution in [0.5, 0.6) is 0 Å². The van der Waals surface area contributed by atoms with Crippen molar-refractivity contribution in [1.29, 1.82) is 0 Å². The fourth-order valence-corrected chi connectivity index (χ4v) is 2.52. The summed E-state index contributed by atoms with van der Waals surface area (Å²) in [4.78, 5) is 28.4. The molecule has 28 heavy (non-hydrogen) atoms. The first kappa shape index (κ1) is 21.4. The van der Waals surface area contributed by atoms with Crippen LogP contribution in [0, 0.1) is 0 Å². The van der Waals surface area contributed by atoms with Gasteiger partial charge < -0.3 is 15.5 Å². The van der Waals surface area contributed by atoms with Crippen LogP contribution in [0.25, 0.3) is 5.69 Å². The Morgan fingerprint density at radius 3 is 2.46 bits per heavy atom. The van der Waals surface area contributed by atoms with Gasteiger partial charge in [-0.2, -0.15) is 18.3 Å². The molecule has 1 aromatic heterocycles. The highest BCUT2D eigenvalue weighted by molar-refractivity contribution is 5.93. The number of nitrogens with one attached hydrogen (secondary N) is 3. The van der Waals surface area contributed by atoms with Gasteiger partial charge in [0.2, 0.25) is 0 Å².